The summed E-state index contributed by atoms with van der Waals surface area (Å²) in [6.07, 6.45) is 1.32. The number of nitrogens with two attached hydrogens (primary N) is 1. The molecule has 1 aromatic rings. The molecule has 3 heterocycles. The first-order chi connectivity index (χ1) is 9.78. The van der Waals surface area contributed by atoms with Crippen LogP contribution in [0.3, 0.4) is 0 Å². The third-order valence-corrected chi connectivity index (χ3v) is 4.26. The quantitative estimate of drug-likeness (QED) is 0.653. The van der Waals surface area contributed by atoms with Gasteiger partial charge in [-0.05, 0) is 33.6 Å². The Labute approximate surface area is 123 Å². The Bertz CT molecular complexity index is 601. The van der Waals surface area contributed by atoms with Crippen molar-refractivity contribution in [3.63, 3.8) is 0 Å². The van der Waals surface area contributed by atoms with E-state index < -0.39 is 5.60 Å². The number of fused-ring (bicyclic) bond motifs is 3. The molecule has 0 aromatic carbocycles. The van der Waals surface area contributed by atoms with E-state index in [0.29, 0.717) is 30.2 Å². The lowest BCUT2D eigenvalue weighted by Gasteiger charge is -2.44. The summed E-state index contributed by atoms with van der Waals surface area (Å²) in [6, 6.07) is 0.0699. The molecule has 21 heavy (non-hydrogen) atoms. The van der Waals surface area contributed by atoms with Gasteiger partial charge in [0.05, 0.1) is 11.6 Å². The molecule has 0 bridgehead atoms. The summed E-state index contributed by atoms with van der Waals surface area (Å²) in [7, 11) is 0. The number of aromatic nitrogens is 2. The van der Waals surface area contributed by atoms with Crippen molar-refractivity contribution in [1.82, 2.24) is 9.97 Å². The number of hydrogen-bond donors (Lipinski definition) is 3. The number of nitrogens with zero attached hydrogens (tertiary/aromatic N) is 3. The molecule has 1 fully saturated rings. The molecule has 0 radical (unpaired) electrons. The predicted molar refractivity (Wildman–Crippen MR) is 79.5 cm³/mol. The highest BCUT2D eigenvalue weighted by atomic mass is 16.5. The van der Waals surface area contributed by atoms with E-state index in [1.165, 1.54) is 0 Å². The van der Waals surface area contributed by atoms with Gasteiger partial charge in [-0.2, -0.15) is 0 Å². The van der Waals surface area contributed by atoms with Crippen LogP contribution in [0.5, 0.6) is 0 Å². The third-order valence-electron chi connectivity index (χ3n) is 4.26. The Morgan fingerprint density at radius 3 is 2.90 bits per heavy atom. The van der Waals surface area contributed by atoms with Crippen molar-refractivity contribution in [3.05, 3.63) is 11.4 Å². The van der Waals surface area contributed by atoms with Crippen LogP contribution in [0.25, 0.3) is 0 Å². The summed E-state index contributed by atoms with van der Waals surface area (Å²) in [6.45, 7) is 5.98. The number of nitrogen functional groups attached to an aromatic ring is 1. The molecule has 1 saturated heterocycles. The Hall–Kier alpha value is -1.89. The van der Waals surface area contributed by atoms with Gasteiger partial charge in [-0.15, -0.1) is 0 Å². The maximum absolute atomic E-state index is 10.4. The van der Waals surface area contributed by atoms with Gasteiger partial charge in [0.2, 0.25) is 5.90 Å². The van der Waals surface area contributed by atoms with Gasteiger partial charge in [0.25, 0.3) is 0 Å². The van der Waals surface area contributed by atoms with E-state index in [1.807, 2.05) is 18.7 Å². The minimum absolute atomic E-state index is 0.00374. The molecule has 2 aliphatic heterocycles. The van der Waals surface area contributed by atoms with Crippen LogP contribution in [0, 0.1) is 12.3 Å². The van der Waals surface area contributed by atoms with Crippen LogP contribution >= 0.6 is 0 Å². The molecule has 0 saturated carbocycles. The van der Waals surface area contributed by atoms with Gasteiger partial charge in [0.1, 0.15) is 29.1 Å². The highest BCUT2D eigenvalue weighted by molar-refractivity contribution is 6.01. The first-order valence-corrected chi connectivity index (χ1v) is 7.17. The molecule has 4 N–H and O–H groups in total. The number of aliphatic hydroxyl groups is 1. The average Bonchev–Trinajstić information content (AvgIpc) is 2.44. The molecule has 0 amide bonds. The zero-order chi connectivity index (χ0) is 15.4. The fourth-order valence-electron chi connectivity index (χ4n) is 3.23. The molecule has 3 atom stereocenters. The number of anilines is 2. The van der Waals surface area contributed by atoms with Crippen LogP contribution in [0.2, 0.25) is 0 Å². The van der Waals surface area contributed by atoms with Crippen LogP contribution in [0.4, 0.5) is 11.6 Å². The first kappa shape index (κ1) is 14.1. The summed E-state index contributed by atoms with van der Waals surface area (Å²) in [4.78, 5) is 10.6. The second-order valence-corrected chi connectivity index (χ2v) is 6.24. The van der Waals surface area contributed by atoms with E-state index in [0.717, 1.165) is 6.42 Å². The van der Waals surface area contributed by atoms with Gasteiger partial charge in [0, 0.05) is 6.54 Å². The first-order valence-electron chi connectivity index (χ1n) is 7.17. The van der Waals surface area contributed by atoms with Crippen LogP contribution in [0.15, 0.2) is 0 Å². The molecule has 3 rings (SSSR count). The summed E-state index contributed by atoms with van der Waals surface area (Å²) in [5.74, 6) is 1.40. The number of aryl methyl sites for hydroxylation is 1. The molecule has 114 valence electrons. The lowest BCUT2D eigenvalue weighted by Crippen LogP contribution is -2.55. The van der Waals surface area contributed by atoms with Gasteiger partial charge in [-0.3, -0.25) is 5.41 Å². The largest absolute Gasteiger partial charge is 0.472 e. The van der Waals surface area contributed by atoms with Crippen molar-refractivity contribution in [2.45, 2.75) is 51.4 Å². The minimum atomic E-state index is -0.784. The van der Waals surface area contributed by atoms with Crippen LogP contribution < -0.4 is 10.6 Å². The SMILES string of the molecule is Cc1nc(N)c2c(n1)N1CC(C)(O)CCC1C(C)OC2=N. The normalized spacial score (nSPS) is 32.0. The number of hydrogen-bond acceptors (Lipinski definition) is 7. The monoisotopic (exact) mass is 291 g/mol. The van der Waals surface area contributed by atoms with Gasteiger partial charge >= 0.3 is 0 Å². The van der Waals surface area contributed by atoms with Crippen molar-refractivity contribution in [2.24, 2.45) is 0 Å². The fraction of sp³-hybridized carbons (Fsp3) is 0.643. The topological polar surface area (TPSA) is 108 Å². The van der Waals surface area contributed by atoms with Crippen LogP contribution in [0.1, 0.15) is 38.1 Å². The number of piperidine rings is 1. The Morgan fingerprint density at radius 2 is 2.19 bits per heavy atom. The molecular formula is C14H21N5O2. The van der Waals surface area contributed by atoms with Gasteiger partial charge < -0.3 is 20.5 Å². The van der Waals surface area contributed by atoms with E-state index >= 15 is 0 Å². The number of nitrogens with one attached hydrogen (secondary N) is 1. The van der Waals surface area contributed by atoms with Crippen LogP contribution in [-0.4, -0.2) is 45.3 Å². The van der Waals surface area contributed by atoms with Crippen molar-refractivity contribution in [1.29, 1.82) is 5.41 Å². The average molecular weight is 291 g/mol. The standard InChI is InChI=1S/C14H21N5O2/c1-7-9-4-5-14(3,20)6-19(9)13-10(12(16)21-7)11(15)17-8(2)18-13/h7,9,16,20H,4-6H2,1-3H3,(H2,15,17,18). The zero-order valence-electron chi connectivity index (χ0n) is 12.6. The third kappa shape index (κ3) is 2.31. The van der Waals surface area contributed by atoms with E-state index in [4.69, 9.17) is 15.9 Å². The smallest absolute Gasteiger partial charge is 0.221 e. The minimum Gasteiger partial charge on any atom is -0.472 e. The number of ether oxygens (including phenoxy) is 1. The lowest BCUT2D eigenvalue weighted by molar-refractivity contribution is 0.0233. The fourth-order valence-corrected chi connectivity index (χ4v) is 3.23. The molecule has 7 nitrogen and oxygen atoms in total. The summed E-state index contributed by atoms with van der Waals surface area (Å²) in [5, 5.41) is 18.5. The van der Waals surface area contributed by atoms with Gasteiger partial charge in [-0.25, -0.2) is 9.97 Å². The zero-order valence-corrected chi connectivity index (χ0v) is 12.6. The molecule has 2 aliphatic rings. The second-order valence-electron chi connectivity index (χ2n) is 6.24. The van der Waals surface area contributed by atoms with E-state index in [2.05, 4.69) is 9.97 Å². The molecule has 0 spiro atoms. The Morgan fingerprint density at radius 1 is 1.48 bits per heavy atom. The molecule has 1 aromatic heterocycles. The lowest BCUT2D eigenvalue weighted by atomic mass is 9.88. The summed E-state index contributed by atoms with van der Waals surface area (Å²) >= 11 is 0. The molecule has 0 aliphatic carbocycles. The van der Waals surface area contributed by atoms with E-state index in [-0.39, 0.29) is 23.9 Å². The van der Waals surface area contributed by atoms with E-state index in [1.54, 1.807) is 6.92 Å². The highest BCUT2D eigenvalue weighted by Gasteiger charge is 2.42. The van der Waals surface area contributed by atoms with Gasteiger partial charge in [0.15, 0.2) is 0 Å². The van der Waals surface area contributed by atoms with Crippen molar-refractivity contribution in [3.8, 4) is 0 Å². The molecule has 7 heteroatoms. The molecular weight excluding hydrogens is 270 g/mol. The Kier molecular flexibility index (Phi) is 3.05. The highest BCUT2D eigenvalue weighted by Crippen LogP contribution is 2.37. The number of rotatable bonds is 0. The maximum atomic E-state index is 10.4. The van der Waals surface area contributed by atoms with Crippen molar-refractivity contribution in [2.75, 3.05) is 17.2 Å². The predicted octanol–water partition coefficient (Wildman–Crippen LogP) is 0.831. The van der Waals surface area contributed by atoms with Crippen molar-refractivity contribution >= 4 is 17.5 Å². The summed E-state index contributed by atoms with van der Waals surface area (Å²) in [5.41, 5.74) is 5.62. The Balaban J connectivity index is 2.17. The van der Waals surface area contributed by atoms with E-state index in [9.17, 15) is 5.11 Å². The molecule has 3 unspecified atom stereocenters. The van der Waals surface area contributed by atoms with Crippen LogP contribution in [-0.2, 0) is 4.74 Å². The maximum Gasteiger partial charge on any atom is 0.221 e. The van der Waals surface area contributed by atoms with Crippen molar-refractivity contribution < 1.29 is 9.84 Å². The second kappa shape index (κ2) is 4.56. The van der Waals surface area contributed by atoms with Gasteiger partial charge in [-0.1, -0.05) is 0 Å². The summed E-state index contributed by atoms with van der Waals surface area (Å²) < 4.78 is 5.70.